The highest BCUT2D eigenvalue weighted by molar-refractivity contribution is 9.10. The van der Waals surface area contributed by atoms with Gasteiger partial charge in [0.1, 0.15) is 5.82 Å². The fourth-order valence-corrected chi connectivity index (χ4v) is 3.05. The molecular weight excluding hydrogens is 366 g/mol. The van der Waals surface area contributed by atoms with E-state index < -0.39 is 0 Å². The van der Waals surface area contributed by atoms with Gasteiger partial charge in [-0.2, -0.15) is 0 Å². The van der Waals surface area contributed by atoms with E-state index >= 15 is 0 Å². The zero-order valence-electron chi connectivity index (χ0n) is 10.3. The van der Waals surface area contributed by atoms with Crippen molar-refractivity contribution >= 4 is 39.1 Å². The Balaban J connectivity index is 2.30. The Morgan fingerprint density at radius 1 is 1.15 bits per heavy atom. The van der Waals surface area contributed by atoms with Gasteiger partial charge in [0.2, 0.25) is 0 Å². The summed E-state index contributed by atoms with van der Waals surface area (Å²) in [6.45, 7) is 0. The lowest BCUT2D eigenvalue weighted by Gasteiger charge is -2.17. The molecule has 2 aromatic rings. The molecule has 0 radical (unpaired) electrons. The fraction of sp³-hybridized carbons (Fsp3) is 0.143. The molecule has 2 rings (SSSR count). The Morgan fingerprint density at radius 3 is 2.55 bits per heavy atom. The van der Waals surface area contributed by atoms with E-state index in [1.54, 1.807) is 18.2 Å². The smallest absolute Gasteiger partial charge is 0.126 e. The van der Waals surface area contributed by atoms with Crippen molar-refractivity contribution in [2.75, 3.05) is 0 Å². The third-order valence-electron chi connectivity index (χ3n) is 2.92. The third-order valence-corrected chi connectivity index (χ3v) is 3.83. The van der Waals surface area contributed by atoms with Gasteiger partial charge in [0, 0.05) is 14.5 Å². The first kappa shape index (κ1) is 15.7. The molecular formula is C14H12BrCl2FN2. The van der Waals surface area contributed by atoms with Crippen molar-refractivity contribution in [1.82, 2.24) is 5.43 Å². The minimum Gasteiger partial charge on any atom is -0.271 e. The predicted octanol–water partition coefficient (Wildman–Crippen LogP) is 4.64. The first-order chi connectivity index (χ1) is 9.49. The Kier molecular flexibility index (Phi) is 5.41. The van der Waals surface area contributed by atoms with Gasteiger partial charge in [0.15, 0.2) is 0 Å². The van der Waals surface area contributed by atoms with Gasteiger partial charge in [-0.15, -0.1) is 0 Å². The molecule has 0 spiro atoms. The van der Waals surface area contributed by atoms with E-state index in [1.807, 2.05) is 6.07 Å². The highest BCUT2D eigenvalue weighted by atomic mass is 79.9. The van der Waals surface area contributed by atoms with Crippen molar-refractivity contribution in [2.24, 2.45) is 5.84 Å². The molecule has 3 N–H and O–H groups in total. The van der Waals surface area contributed by atoms with E-state index in [0.717, 1.165) is 10.0 Å². The monoisotopic (exact) mass is 376 g/mol. The molecule has 20 heavy (non-hydrogen) atoms. The summed E-state index contributed by atoms with van der Waals surface area (Å²) >= 11 is 15.3. The van der Waals surface area contributed by atoms with Crippen molar-refractivity contribution in [3.05, 3.63) is 67.9 Å². The van der Waals surface area contributed by atoms with Gasteiger partial charge >= 0.3 is 0 Å². The minimum absolute atomic E-state index is 0.266. The summed E-state index contributed by atoms with van der Waals surface area (Å²) in [4.78, 5) is 0. The van der Waals surface area contributed by atoms with E-state index in [4.69, 9.17) is 29.0 Å². The average Bonchev–Trinajstić information content (AvgIpc) is 2.38. The van der Waals surface area contributed by atoms with E-state index in [9.17, 15) is 4.39 Å². The summed E-state index contributed by atoms with van der Waals surface area (Å²) in [5.41, 5.74) is 4.04. The van der Waals surface area contributed by atoms with Crippen LogP contribution in [-0.2, 0) is 6.42 Å². The molecule has 0 saturated heterocycles. The van der Waals surface area contributed by atoms with Gasteiger partial charge in [-0.3, -0.25) is 11.3 Å². The Hall–Kier alpha value is -0.650. The largest absolute Gasteiger partial charge is 0.271 e. The molecule has 0 aliphatic rings. The number of hydrazine groups is 1. The third kappa shape index (κ3) is 3.93. The van der Waals surface area contributed by atoms with Crippen LogP contribution in [0.5, 0.6) is 0 Å². The van der Waals surface area contributed by atoms with Crippen LogP contribution in [0.25, 0.3) is 0 Å². The zero-order valence-corrected chi connectivity index (χ0v) is 13.4. The van der Waals surface area contributed by atoms with Crippen molar-refractivity contribution in [3.63, 3.8) is 0 Å². The van der Waals surface area contributed by atoms with Crippen molar-refractivity contribution in [1.29, 1.82) is 0 Å². The number of nitrogens with two attached hydrogens (primary N) is 1. The van der Waals surface area contributed by atoms with Crippen LogP contribution in [0.1, 0.15) is 17.2 Å². The average molecular weight is 378 g/mol. The maximum atomic E-state index is 13.8. The van der Waals surface area contributed by atoms with Gasteiger partial charge in [-0.25, -0.2) is 4.39 Å². The molecule has 0 fully saturated rings. The van der Waals surface area contributed by atoms with Crippen LogP contribution in [-0.4, -0.2) is 0 Å². The molecule has 106 valence electrons. The van der Waals surface area contributed by atoms with E-state index in [2.05, 4.69) is 21.4 Å². The van der Waals surface area contributed by atoms with Crippen LogP contribution < -0.4 is 11.3 Å². The second-order valence-corrected chi connectivity index (χ2v) is 6.15. The quantitative estimate of drug-likeness (QED) is 0.601. The first-order valence-electron chi connectivity index (χ1n) is 5.85. The van der Waals surface area contributed by atoms with Gasteiger partial charge in [-0.05, 0) is 53.9 Å². The predicted molar refractivity (Wildman–Crippen MR) is 84.3 cm³/mol. The lowest BCUT2D eigenvalue weighted by atomic mass is 9.99. The normalized spacial score (nSPS) is 12.4. The van der Waals surface area contributed by atoms with Crippen LogP contribution in [0.2, 0.25) is 10.0 Å². The summed E-state index contributed by atoms with van der Waals surface area (Å²) < 4.78 is 14.6. The SMILES string of the molecule is NNC(Cc1cc(Cl)ccc1F)c1cc(Cl)cc(Br)c1. The van der Waals surface area contributed by atoms with Gasteiger partial charge in [0.05, 0.1) is 6.04 Å². The summed E-state index contributed by atoms with van der Waals surface area (Å²) in [6, 6.07) is 9.65. The highest BCUT2D eigenvalue weighted by Crippen LogP contribution is 2.27. The maximum absolute atomic E-state index is 13.8. The summed E-state index contributed by atoms with van der Waals surface area (Å²) in [5, 5.41) is 1.07. The second kappa shape index (κ2) is 6.87. The number of benzene rings is 2. The fourth-order valence-electron chi connectivity index (χ4n) is 1.97. The first-order valence-corrected chi connectivity index (χ1v) is 7.40. The van der Waals surface area contributed by atoms with Crippen LogP contribution in [0.15, 0.2) is 40.9 Å². The molecule has 2 nitrogen and oxygen atoms in total. The van der Waals surface area contributed by atoms with Crippen LogP contribution >= 0.6 is 39.1 Å². The van der Waals surface area contributed by atoms with E-state index in [0.29, 0.717) is 22.0 Å². The molecule has 0 aromatic heterocycles. The van der Waals surface area contributed by atoms with Gasteiger partial charge in [-0.1, -0.05) is 39.1 Å². The van der Waals surface area contributed by atoms with Crippen molar-refractivity contribution < 1.29 is 4.39 Å². The number of nitrogens with one attached hydrogen (secondary N) is 1. The van der Waals surface area contributed by atoms with Crippen molar-refractivity contribution in [3.8, 4) is 0 Å². The Morgan fingerprint density at radius 2 is 1.90 bits per heavy atom. The number of hydrogen-bond acceptors (Lipinski definition) is 2. The van der Waals surface area contributed by atoms with Crippen LogP contribution in [0.4, 0.5) is 4.39 Å². The Labute approximate surface area is 135 Å². The van der Waals surface area contributed by atoms with Gasteiger partial charge < -0.3 is 0 Å². The second-order valence-electron chi connectivity index (χ2n) is 4.36. The molecule has 6 heteroatoms. The van der Waals surface area contributed by atoms with E-state index in [-0.39, 0.29) is 11.9 Å². The standard InChI is InChI=1S/C14H12BrCl2FN2/c15-10-3-9(5-12(17)7-10)14(20-19)6-8-4-11(16)1-2-13(8)18/h1-5,7,14,20H,6,19H2. The molecule has 1 atom stereocenters. The molecule has 0 aliphatic carbocycles. The highest BCUT2D eigenvalue weighted by Gasteiger charge is 2.15. The lowest BCUT2D eigenvalue weighted by Crippen LogP contribution is -2.29. The summed E-state index contributed by atoms with van der Waals surface area (Å²) in [6.07, 6.45) is 0.371. The molecule has 0 saturated carbocycles. The lowest BCUT2D eigenvalue weighted by molar-refractivity contribution is 0.529. The van der Waals surface area contributed by atoms with Crippen LogP contribution in [0.3, 0.4) is 0 Å². The summed E-state index contributed by atoms with van der Waals surface area (Å²) in [7, 11) is 0. The minimum atomic E-state index is -0.309. The number of hydrogen-bond donors (Lipinski definition) is 2. The topological polar surface area (TPSA) is 38.0 Å². The number of halogens is 4. The Bertz CT molecular complexity index is 602. The molecule has 0 aliphatic heterocycles. The van der Waals surface area contributed by atoms with Crippen LogP contribution in [0, 0.1) is 5.82 Å². The molecule has 2 aromatic carbocycles. The van der Waals surface area contributed by atoms with Gasteiger partial charge in [0.25, 0.3) is 0 Å². The number of rotatable bonds is 4. The maximum Gasteiger partial charge on any atom is 0.126 e. The molecule has 0 heterocycles. The molecule has 0 bridgehead atoms. The molecule has 1 unspecified atom stereocenters. The van der Waals surface area contributed by atoms with E-state index in [1.165, 1.54) is 12.1 Å². The van der Waals surface area contributed by atoms with Crippen molar-refractivity contribution in [2.45, 2.75) is 12.5 Å². The zero-order chi connectivity index (χ0) is 14.7. The molecule has 0 amide bonds. The summed E-state index contributed by atoms with van der Waals surface area (Å²) in [5.74, 6) is 5.27.